The Balaban J connectivity index is 1.71. The van der Waals surface area contributed by atoms with Gasteiger partial charge in [-0.3, -0.25) is 4.90 Å². The molecule has 0 bridgehead atoms. The van der Waals surface area contributed by atoms with Gasteiger partial charge in [-0.15, -0.1) is 0 Å². The number of nitrogens with one attached hydrogen (secondary N) is 1. The third-order valence-electron chi connectivity index (χ3n) is 5.14. The molecule has 1 aromatic carbocycles. The highest BCUT2D eigenvalue weighted by Gasteiger charge is 2.23. The topological polar surface area (TPSA) is 15.3 Å². The van der Waals surface area contributed by atoms with Crippen LogP contribution >= 0.6 is 0 Å². The Morgan fingerprint density at radius 1 is 1.25 bits per heavy atom. The summed E-state index contributed by atoms with van der Waals surface area (Å²) in [5.74, 6) is 0.905. The minimum absolute atomic E-state index is 0.783. The smallest absolute Gasteiger partial charge is 0.0375 e. The van der Waals surface area contributed by atoms with Gasteiger partial charge in [-0.1, -0.05) is 31.9 Å². The maximum atomic E-state index is 3.54. The summed E-state index contributed by atoms with van der Waals surface area (Å²) in [6.45, 7) is 4.66. The molecule has 1 aliphatic carbocycles. The number of benzene rings is 1. The molecule has 2 heteroatoms. The lowest BCUT2D eigenvalue weighted by Crippen LogP contribution is -2.35. The van der Waals surface area contributed by atoms with Crippen LogP contribution in [0.5, 0.6) is 0 Å². The third kappa shape index (κ3) is 3.01. The highest BCUT2D eigenvalue weighted by atomic mass is 15.1. The van der Waals surface area contributed by atoms with Crippen molar-refractivity contribution < 1.29 is 0 Å². The van der Waals surface area contributed by atoms with E-state index in [4.69, 9.17) is 0 Å². The van der Waals surface area contributed by atoms with Crippen LogP contribution in [0.1, 0.15) is 50.2 Å². The van der Waals surface area contributed by atoms with Gasteiger partial charge >= 0.3 is 0 Å². The van der Waals surface area contributed by atoms with E-state index in [1.54, 1.807) is 5.56 Å². The minimum Gasteiger partial charge on any atom is -0.385 e. The van der Waals surface area contributed by atoms with Gasteiger partial charge in [-0.05, 0) is 55.8 Å². The van der Waals surface area contributed by atoms with Crippen molar-refractivity contribution in [1.82, 2.24) is 4.90 Å². The van der Waals surface area contributed by atoms with Crippen molar-refractivity contribution >= 4 is 5.69 Å². The van der Waals surface area contributed by atoms with Crippen molar-refractivity contribution in [3.63, 3.8) is 0 Å². The molecule has 2 nitrogen and oxygen atoms in total. The maximum absolute atomic E-state index is 3.54. The predicted octanol–water partition coefficient (Wildman–Crippen LogP) is 4.06. The van der Waals surface area contributed by atoms with Crippen LogP contribution in [-0.4, -0.2) is 24.5 Å². The quantitative estimate of drug-likeness (QED) is 0.893. The average Bonchev–Trinajstić information content (AvgIpc) is 2.47. The molecule has 1 aromatic rings. The Morgan fingerprint density at radius 3 is 3.00 bits per heavy atom. The summed E-state index contributed by atoms with van der Waals surface area (Å²) in [6.07, 6.45) is 8.11. The standard InChI is InChI=1S/C18H28N2/c1-14-6-3-8-16(12-14)20(2)13-15-7-4-10-18-17(15)9-5-11-19-18/h4,7,10,14,16,19H,3,5-6,8-9,11-13H2,1-2H3. The highest BCUT2D eigenvalue weighted by molar-refractivity contribution is 5.56. The van der Waals surface area contributed by atoms with Crippen LogP contribution < -0.4 is 5.32 Å². The highest BCUT2D eigenvalue weighted by Crippen LogP contribution is 2.30. The van der Waals surface area contributed by atoms with E-state index in [0.29, 0.717) is 0 Å². The molecule has 0 spiro atoms. The van der Waals surface area contributed by atoms with Gasteiger partial charge in [0, 0.05) is 24.8 Å². The van der Waals surface area contributed by atoms with Gasteiger partial charge in [0.2, 0.25) is 0 Å². The average molecular weight is 272 g/mol. The fourth-order valence-corrected chi connectivity index (χ4v) is 3.93. The first-order valence-electron chi connectivity index (χ1n) is 8.29. The Labute approximate surface area is 123 Å². The van der Waals surface area contributed by atoms with E-state index in [1.807, 2.05) is 0 Å². The third-order valence-corrected chi connectivity index (χ3v) is 5.14. The first-order chi connectivity index (χ1) is 9.74. The monoisotopic (exact) mass is 272 g/mol. The molecule has 0 saturated heterocycles. The number of fused-ring (bicyclic) bond motifs is 1. The summed E-state index contributed by atoms with van der Waals surface area (Å²) < 4.78 is 0. The minimum atomic E-state index is 0.783. The molecule has 0 amide bonds. The van der Waals surface area contributed by atoms with Gasteiger partial charge in [0.25, 0.3) is 0 Å². The molecule has 2 aliphatic rings. The van der Waals surface area contributed by atoms with E-state index in [-0.39, 0.29) is 0 Å². The van der Waals surface area contributed by atoms with Gasteiger partial charge in [0.1, 0.15) is 0 Å². The van der Waals surface area contributed by atoms with Gasteiger partial charge in [-0.2, -0.15) is 0 Å². The second-order valence-corrected chi connectivity index (χ2v) is 6.81. The predicted molar refractivity (Wildman–Crippen MR) is 86.1 cm³/mol. The molecule has 1 fully saturated rings. The molecule has 110 valence electrons. The molecule has 0 radical (unpaired) electrons. The number of anilines is 1. The number of hydrogen-bond donors (Lipinski definition) is 1. The summed E-state index contributed by atoms with van der Waals surface area (Å²) in [7, 11) is 2.32. The number of nitrogens with zero attached hydrogens (tertiary/aromatic N) is 1. The van der Waals surface area contributed by atoms with Crippen LogP contribution in [0, 0.1) is 5.92 Å². The van der Waals surface area contributed by atoms with Crippen LogP contribution in [0.25, 0.3) is 0 Å². The van der Waals surface area contributed by atoms with Gasteiger partial charge < -0.3 is 5.32 Å². The van der Waals surface area contributed by atoms with E-state index in [0.717, 1.165) is 25.0 Å². The van der Waals surface area contributed by atoms with E-state index in [1.165, 1.54) is 49.8 Å². The Hall–Kier alpha value is -1.02. The molecule has 0 aromatic heterocycles. The van der Waals surface area contributed by atoms with Crippen molar-refractivity contribution in [2.24, 2.45) is 5.92 Å². The zero-order valence-corrected chi connectivity index (χ0v) is 13.0. The zero-order chi connectivity index (χ0) is 13.9. The molecular formula is C18H28N2. The first kappa shape index (κ1) is 13.9. The summed E-state index contributed by atoms with van der Waals surface area (Å²) in [4.78, 5) is 2.60. The summed E-state index contributed by atoms with van der Waals surface area (Å²) in [5.41, 5.74) is 4.48. The summed E-state index contributed by atoms with van der Waals surface area (Å²) in [5, 5.41) is 3.54. The summed E-state index contributed by atoms with van der Waals surface area (Å²) >= 11 is 0. The van der Waals surface area contributed by atoms with Crippen LogP contribution in [0.3, 0.4) is 0 Å². The lowest BCUT2D eigenvalue weighted by atomic mass is 9.86. The van der Waals surface area contributed by atoms with E-state index < -0.39 is 0 Å². The van der Waals surface area contributed by atoms with E-state index >= 15 is 0 Å². The van der Waals surface area contributed by atoms with Crippen molar-refractivity contribution in [3.05, 3.63) is 29.3 Å². The fraction of sp³-hybridized carbons (Fsp3) is 0.667. The normalized spacial score (nSPS) is 26.1. The molecule has 1 saturated carbocycles. The van der Waals surface area contributed by atoms with E-state index in [2.05, 4.69) is 42.4 Å². The molecule has 20 heavy (non-hydrogen) atoms. The van der Waals surface area contributed by atoms with Crippen molar-refractivity contribution in [2.45, 2.75) is 58.0 Å². The fourth-order valence-electron chi connectivity index (χ4n) is 3.93. The molecule has 2 atom stereocenters. The van der Waals surface area contributed by atoms with Crippen LogP contribution in [-0.2, 0) is 13.0 Å². The lowest BCUT2D eigenvalue weighted by molar-refractivity contribution is 0.157. The lowest BCUT2D eigenvalue weighted by Gasteiger charge is -2.35. The molecule has 3 rings (SSSR count). The van der Waals surface area contributed by atoms with E-state index in [9.17, 15) is 0 Å². The Bertz CT molecular complexity index is 455. The first-order valence-corrected chi connectivity index (χ1v) is 8.29. The maximum Gasteiger partial charge on any atom is 0.0375 e. The van der Waals surface area contributed by atoms with Gasteiger partial charge in [-0.25, -0.2) is 0 Å². The molecular weight excluding hydrogens is 244 g/mol. The summed E-state index contributed by atoms with van der Waals surface area (Å²) in [6, 6.07) is 7.56. The van der Waals surface area contributed by atoms with Gasteiger partial charge in [0.05, 0.1) is 0 Å². The Morgan fingerprint density at radius 2 is 2.15 bits per heavy atom. The zero-order valence-electron chi connectivity index (χ0n) is 13.0. The number of hydrogen-bond acceptors (Lipinski definition) is 2. The molecule has 1 aliphatic heterocycles. The van der Waals surface area contributed by atoms with Crippen LogP contribution in [0.4, 0.5) is 5.69 Å². The Kier molecular flexibility index (Phi) is 4.30. The van der Waals surface area contributed by atoms with Crippen LogP contribution in [0.2, 0.25) is 0 Å². The SMILES string of the molecule is CC1CCCC(N(C)Cc2cccc3c2CCCN3)C1. The van der Waals surface area contributed by atoms with Crippen molar-refractivity contribution in [1.29, 1.82) is 0 Å². The van der Waals surface area contributed by atoms with Crippen LogP contribution in [0.15, 0.2) is 18.2 Å². The second kappa shape index (κ2) is 6.17. The van der Waals surface area contributed by atoms with Gasteiger partial charge in [0.15, 0.2) is 0 Å². The molecule has 1 N–H and O–H groups in total. The molecule has 2 unspecified atom stereocenters. The van der Waals surface area contributed by atoms with Crippen molar-refractivity contribution in [2.75, 3.05) is 18.9 Å². The largest absolute Gasteiger partial charge is 0.385 e. The second-order valence-electron chi connectivity index (χ2n) is 6.81. The molecule has 1 heterocycles. The number of rotatable bonds is 3. The van der Waals surface area contributed by atoms with Crippen molar-refractivity contribution in [3.8, 4) is 0 Å².